The number of aromatic hydroxyl groups is 1. The molecular formula is C31H29N3O4S. The fraction of sp³-hybridized carbons (Fsp3) is 0.258. The van der Waals surface area contributed by atoms with Gasteiger partial charge in [0.15, 0.2) is 4.90 Å². The van der Waals surface area contributed by atoms with Gasteiger partial charge in [-0.25, -0.2) is 8.42 Å². The van der Waals surface area contributed by atoms with E-state index in [4.69, 9.17) is 6.42 Å². The summed E-state index contributed by atoms with van der Waals surface area (Å²) < 4.78 is 29.0. The van der Waals surface area contributed by atoms with Crippen LogP contribution in [0.2, 0.25) is 0 Å². The van der Waals surface area contributed by atoms with Crippen molar-refractivity contribution in [2.24, 2.45) is 0 Å². The van der Waals surface area contributed by atoms with E-state index in [1.54, 1.807) is 18.3 Å². The molecule has 1 aliphatic carbocycles. The Balaban J connectivity index is 1.64. The molecule has 4 aromatic rings. The first-order valence-corrected chi connectivity index (χ1v) is 14.5. The fourth-order valence-corrected chi connectivity index (χ4v) is 6.62. The molecule has 7 nitrogen and oxygen atoms in total. The Morgan fingerprint density at radius 1 is 1.15 bits per heavy atom. The second-order valence-electron chi connectivity index (χ2n) is 9.74. The summed E-state index contributed by atoms with van der Waals surface area (Å²) in [5.41, 5.74) is 4.34. The fourth-order valence-electron chi connectivity index (χ4n) is 5.28. The number of fused-ring (bicyclic) bond motifs is 1. The molecule has 2 aromatic carbocycles. The largest absolute Gasteiger partial charge is 0.492 e. The molecule has 0 radical (unpaired) electrons. The highest BCUT2D eigenvalue weighted by Crippen LogP contribution is 2.36. The van der Waals surface area contributed by atoms with Gasteiger partial charge in [0.05, 0.1) is 10.9 Å². The van der Waals surface area contributed by atoms with Gasteiger partial charge in [0.2, 0.25) is 15.7 Å². The highest BCUT2D eigenvalue weighted by Gasteiger charge is 2.34. The Morgan fingerprint density at radius 3 is 2.62 bits per heavy atom. The van der Waals surface area contributed by atoms with E-state index in [0.717, 1.165) is 47.2 Å². The average Bonchev–Trinajstić information content (AvgIpc) is 3.34. The standard InChI is InChI=1S/C31H29N3O4S/c1-4-6-9-28-33-30(35)29(31(36)34(28)27-17-14-23-11-10-21(5-2)19-26(23)27)39(37,38)24-15-12-22(13-16-24)25-8-7-18-32-20(25)3/h2,7-8,10-13,15-16,18-19,27,35H,4,6,9,14,17H2,1,3H3. The monoisotopic (exact) mass is 539 g/mol. The van der Waals surface area contributed by atoms with Crippen molar-refractivity contribution in [1.82, 2.24) is 14.5 Å². The van der Waals surface area contributed by atoms with Crippen LogP contribution in [-0.2, 0) is 22.7 Å². The molecule has 39 heavy (non-hydrogen) atoms. The van der Waals surface area contributed by atoms with Gasteiger partial charge < -0.3 is 5.11 Å². The lowest BCUT2D eigenvalue weighted by Crippen LogP contribution is -2.33. The number of rotatable bonds is 7. The van der Waals surface area contributed by atoms with Gasteiger partial charge in [-0.05, 0) is 73.2 Å². The van der Waals surface area contributed by atoms with Crippen LogP contribution in [-0.4, -0.2) is 28.1 Å². The minimum atomic E-state index is -4.38. The predicted octanol–water partition coefficient (Wildman–Crippen LogP) is 5.01. The zero-order valence-electron chi connectivity index (χ0n) is 21.9. The third-order valence-corrected chi connectivity index (χ3v) is 9.09. The van der Waals surface area contributed by atoms with Crippen molar-refractivity contribution < 1.29 is 13.5 Å². The zero-order valence-corrected chi connectivity index (χ0v) is 22.7. The number of nitrogens with zero attached hydrogens (tertiary/aromatic N) is 3. The Morgan fingerprint density at radius 2 is 1.92 bits per heavy atom. The van der Waals surface area contributed by atoms with Gasteiger partial charge in [0.1, 0.15) is 5.82 Å². The summed E-state index contributed by atoms with van der Waals surface area (Å²) in [6.07, 6.45) is 10.7. The number of aromatic nitrogens is 3. The molecule has 1 N–H and O–H groups in total. The smallest absolute Gasteiger partial charge is 0.277 e. The Labute approximate surface area is 228 Å². The maximum Gasteiger partial charge on any atom is 0.277 e. The molecule has 5 rings (SSSR count). The number of pyridine rings is 1. The summed E-state index contributed by atoms with van der Waals surface area (Å²) in [4.78, 5) is 21.8. The maximum atomic E-state index is 14.0. The second-order valence-corrected chi connectivity index (χ2v) is 11.6. The SMILES string of the molecule is C#Cc1ccc2c(c1)C(n1c(CCCC)nc(O)c(S(=O)(=O)c3ccc(-c4cccnc4C)cc3)c1=O)CC2. The van der Waals surface area contributed by atoms with Gasteiger partial charge in [0.25, 0.3) is 5.56 Å². The molecular weight excluding hydrogens is 510 g/mol. The van der Waals surface area contributed by atoms with Gasteiger partial charge >= 0.3 is 0 Å². The normalized spacial score (nSPS) is 14.6. The lowest BCUT2D eigenvalue weighted by Gasteiger charge is -2.21. The number of hydrogen-bond donors (Lipinski definition) is 1. The van der Waals surface area contributed by atoms with E-state index in [2.05, 4.69) is 15.9 Å². The topological polar surface area (TPSA) is 102 Å². The summed E-state index contributed by atoms with van der Waals surface area (Å²) in [7, 11) is -4.38. The van der Waals surface area contributed by atoms with Gasteiger partial charge in [-0.2, -0.15) is 4.98 Å². The summed E-state index contributed by atoms with van der Waals surface area (Å²) in [6, 6.07) is 15.2. The number of aryl methyl sites for hydroxylation is 3. The zero-order chi connectivity index (χ0) is 27.7. The number of terminal acetylenes is 1. The summed E-state index contributed by atoms with van der Waals surface area (Å²) >= 11 is 0. The summed E-state index contributed by atoms with van der Waals surface area (Å²) in [6.45, 7) is 3.89. The van der Waals surface area contributed by atoms with Crippen molar-refractivity contribution in [3.63, 3.8) is 0 Å². The average molecular weight is 540 g/mol. The van der Waals surface area contributed by atoms with E-state index in [1.807, 2.05) is 44.2 Å². The molecule has 198 valence electrons. The van der Waals surface area contributed by atoms with Crippen molar-refractivity contribution in [2.75, 3.05) is 0 Å². The first-order valence-electron chi connectivity index (χ1n) is 13.0. The highest BCUT2D eigenvalue weighted by molar-refractivity contribution is 7.91. The maximum absolute atomic E-state index is 14.0. The van der Waals surface area contributed by atoms with Gasteiger partial charge in [-0.1, -0.05) is 43.5 Å². The van der Waals surface area contributed by atoms with Gasteiger partial charge in [-0.3, -0.25) is 14.3 Å². The Hall–Kier alpha value is -4.22. The quantitative estimate of drug-likeness (QED) is 0.331. The van der Waals surface area contributed by atoms with Crippen LogP contribution in [0.15, 0.2) is 75.4 Å². The molecule has 1 atom stereocenters. The van der Waals surface area contributed by atoms with Crippen molar-refractivity contribution >= 4 is 9.84 Å². The number of sulfone groups is 1. The summed E-state index contributed by atoms with van der Waals surface area (Å²) in [5.74, 6) is 2.23. The van der Waals surface area contributed by atoms with Crippen LogP contribution >= 0.6 is 0 Å². The number of benzene rings is 2. The number of hydrogen-bond acceptors (Lipinski definition) is 6. The molecule has 0 spiro atoms. The van der Waals surface area contributed by atoms with E-state index in [1.165, 1.54) is 16.7 Å². The van der Waals surface area contributed by atoms with Crippen molar-refractivity contribution in [3.8, 4) is 29.4 Å². The number of unbranched alkanes of at least 4 members (excludes halogenated alkanes) is 1. The van der Waals surface area contributed by atoms with Crippen molar-refractivity contribution in [1.29, 1.82) is 0 Å². The van der Waals surface area contributed by atoms with Crippen LogP contribution in [0, 0.1) is 19.3 Å². The summed E-state index contributed by atoms with van der Waals surface area (Å²) in [5, 5.41) is 10.8. The Kier molecular flexibility index (Phi) is 7.11. The van der Waals surface area contributed by atoms with Crippen LogP contribution in [0.3, 0.4) is 0 Å². The molecule has 1 aliphatic rings. The van der Waals surface area contributed by atoms with E-state index in [-0.39, 0.29) is 4.90 Å². The molecule has 0 bridgehead atoms. The van der Waals surface area contributed by atoms with Crippen LogP contribution in [0.25, 0.3) is 11.1 Å². The molecule has 1 unspecified atom stereocenters. The first-order chi connectivity index (χ1) is 18.8. The second kappa shape index (κ2) is 10.5. The molecule has 8 heteroatoms. The van der Waals surface area contributed by atoms with Crippen molar-refractivity contribution in [2.45, 2.75) is 61.8 Å². The van der Waals surface area contributed by atoms with Crippen LogP contribution in [0.5, 0.6) is 5.88 Å². The van der Waals surface area contributed by atoms with E-state index < -0.39 is 32.2 Å². The van der Waals surface area contributed by atoms with E-state index in [9.17, 15) is 18.3 Å². The first kappa shape index (κ1) is 26.4. The Bertz CT molecular complexity index is 1770. The molecule has 0 fully saturated rings. The van der Waals surface area contributed by atoms with Crippen LogP contribution < -0.4 is 5.56 Å². The molecule has 0 saturated carbocycles. The molecule has 2 aromatic heterocycles. The minimum absolute atomic E-state index is 0.101. The van der Waals surface area contributed by atoms with Gasteiger partial charge in [-0.15, -0.1) is 6.42 Å². The molecule has 0 amide bonds. The molecule has 0 aliphatic heterocycles. The molecule has 0 saturated heterocycles. The van der Waals surface area contributed by atoms with Crippen LogP contribution in [0.4, 0.5) is 0 Å². The van der Waals surface area contributed by atoms with Crippen LogP contribution in [0.1, 0.15) is 60.4 Å². The predicted molar refractivity (Wildman–Crippen MR) is 149 cm³/mol. The third-order valence-electron chi connectivity index (χ3n) is 7.30. The lowest BCUT2D eigenvalue weighted by atomic mass is 10.0. The van der Waals surface area contributed by atoms with Gasteiger partial charge in [0, 0.05) is 29.4 Å². The highest BCUT2D eigenvalue weighted by atomic mass is 32.2. The van der Waals surface area contributed by atoms with E-state index in [0.29, 0.717) is 24.2 Å². The lowest BCUT2D eigenvalue weighted by molar-refractivity contribution is 0.408. The third kappa shape index (κ3) is 4.75. The molecule has 2 heterocycles. The van der Waals surface area contributed by atoms with Crippen molar-refractivity contribution in [3.05, 3.63) is 99.4 Å². The van der Waals surface area contributed by atoms with E-state index >= 15 is 0 Å². The minimum Gasteiger partial charge on any atom is -0.492 e.